The van der Waals surface area contributed by atoms with Gasteiger partial charge in [-0.1, -0.05) is 0 Å². The van der Waals surface area contributed by atoms with Crippen LogP contribution in [0.2, 0.25) is 0 Å². The van der Waals surface area contributed by atoms with Crippen LogP contribution in [-0.2, 0) is 18.9 Å². The average Bonchev–Trinajstić information content (AvgIpc) is 1.74. The van der Waals surface area contributed by atoms with Crippen LogP contribution in [0.1, 0.15) is 13.8 Å². The fraction of sp³-hybridized carbons (Fsp3) is 1.00. The summed E-state index contributed by atoms with van der Waals surface area (Å²) in [5, 5.41) is 0. The fourth-order valence-corrected chi connectivity index (χ4v) is 1.28. The molecule has 2 N–H and O–H groups in total. The highest BCUT2D eigenvalue weighted by molar-refractivity contribution is 7.86. The fourth-order valence-electron chi connectivity index (χ4n) is 0.426. The minimum Gasteiger partial charge on any atom is -0.326 e. The van der Waals surface area contributed by atoms with E-state index in [4.69, 9.17) is 14.4 Å². The lowest BCUT2D eigenvalue weighted by atomic mass is 10.1. The molecule has 0 fully saturated rings. The first-order valence-corrected chi connectivity index (χ1v) is 6.70. The van der Waals surface area contributed by atoms with E-state index in [1.807, 2.05) is 0 Å². The third kappa shape index (κ3) is 10.4. The van der Waals surface area contributed by atoms with Crippen LogP contribution >= 0.6 is 8.25 Å². The minimum absolute atomic E-state index is 0.570. The zero-order valence-corrected chi connectivity index (χ0v) is 10.4. The Kier molecular flexibility index (Phi) is 6.79. The van der Waals surface area contributed by atoms with Crippen molar-refractivity contribution in [1.82, 2.24) is 0 Å². The molecule has 0 saturated carbocycles. The second kappa shape index (κ2) is 5.97. The van der Waals surface area contributed by atoms with Crippen LogP contribution in [0.25, 0.3) is 0 Å². The molecule has 0 aromatic rings. The van der Waals surface area contributed by atoms with Crippen molar-refractivity contribution in [3.05, 3.63) is 0 Å². The van der Waals surface area contributed by atoms with Gasteiger partial charge in [-0.3, -0.25) is 8.75 Å². The summed E-state index contributed by atoms with van der Waals surface area (Å²) < 4.78 is 69.2. The van der Waals surface area contributed by atoms with Gasteiger partial charge in [0.2, 0.25) is 0 Å². The molecule has 0 spiro atoms. The summed E-state index contributed by atoms with van der Waals surface area (Å²) in [6.45, 7) is 1.29. The van der Waals surface area contributed by atoms with Crippen LogP contribution in [0.15, 0.2) is 0 Å². The van der Waals surface area contributed by atoms with E-state index in [2.05, 4.69) is 4.18 Å². The molecule has 16 heavy (non-hydrogen) atoms. The minimum atomic E-state index is -4.70. The van der Waals surface area contributed by atoms with Crippen molar-refractivity contribution in [2.45, 2.75) is 25.6 Å². The highest BCUT2D eigenvalue weighted by Gasteiger charge is 2.50. The van der Waals surface area contributed by atoms with E-state index < -0.39 is 30.2 Å². The lowest BCUT2D eigenvalue weighted by Crippen LogP contribution is -2.43. The maximum absolute atomic E-state index is 12.0. The summed E-state index contributed by atoms with van der Waals surface area (Å²) in [5.41, 5.74) is -2.67. The average molecular weight is 288 g/mol. The van der Waals surface area contributed by atoms with Crippen molar-refractivity contribution in [1.29, 1.82) is 0 Å². The molecule has 0 unspecified atom stereocenters. The Morgan fingerprint density at radius 2 is 1.44 bits per heavy atom. The molecule has 0 aliphatic rings. The van der Waals surface area contributed by atoms with E-state index in [0.717, 1.165) is 0 Å². The van der Waals surface area contributed by atoms with E-state index >= 15 is 0 Å². The Hall–Kier alpha value is -0.150. The third-order valence-electron chi connectivity index (χ3n) is 1.04. The normalized spacial score (nSPS) is 13.3. The van der Waals surface area contributed by atoms with Gasteiger partial charge in [-0.15, -0.1) is 0 Å². The molecule has 0 heterocycles. The summed E-state index contributed by atoms with van der Waals surface area (Å²) in [6, 6.07) is 0. The van der Waals surface area contributed by atoms with Crippen LogP contribution in [0.5, 0.6) is 0 Å². The summed E-state index contributed by atoms with van der Waals surface area (Å²) in [5.74, 6) is 0. The van der Waals surface area contributed by atoms with E-state index in [-0.39, 0.29) is 0 Å². The van der Waals surface area contributed by atoms with Crippen LogP contribution < -0.4 is 0 Å². The van der Waals surface area contributed by atoms with E-state index in [9.17, 15) is 21.6 Å². The Balaban J connectivity index is 0. The van der Waals surface area contributed by atoms with Crippen LogP contribution in [0, 0.1) is 0 Å². The molecule has 0 aliphatic carbocycles. The first-order valence-electron chi connectivity index (χ1n) is 3.58. The Morgan fingerprint density at radius 1 is 1.19 bits per heavy atom. The summed E-state index contributed by atoms with van der Waals surface area (Å²) >= 11 is 0. The van der Waals surface area contributed by atoms with Gasteiger partial charge < -0.3 is 9.79 Å². The summed E-state index contributed by atoms with van der Waals surface area (Å²) in [7, 11) is -7.21. The van der Waals surface area contributed by atoms with E-state index in [0.29, 0.717) is 20.1 Å². The molecular formula is C5H12F3O6PS. The third-order valence-corrected chi connectivity index (χ3v) is 1.76. The number of alkyl halides is 3. The van der Waals surface area contributed by atoms with Crippen molar-refractivity contribution < 1.29 is 40.1 Å². The first kappa shape index (κ1) is 18.2. The zero-order chi connectivity index (χ0) is 13.8. The molecule has 100 valence electrons. The second-order valence-corrected chi connectivity index (χ2v) is 5.22. The van der Waals surface area contributed by atoms with Gasteiger partial charge in [-0.25, -0.2) is 0 Å². The van der Waals surface area contributed by atoms with Gasteiger partial charge in [0.25, 0.3) is 10.1 Å². The van der Waals surface area contributed by atoms with Gasteiger partial charge in [-0.2, -0.15) is 21.6 Å². The van der Waals surface area contributed by atoms with Crippen molar-refractivity contribution in [2.24, 2.45) is 0 Å². The predicted molar refractivity (Wildman–Crippen MR) is 49.5 cm³/mol. The van der Waals surface area contributed by atoms with Crippen molar-refractivity contribution in [2.75, 3.05) is 6.26 Å². The lowest BCUT2D eigenvalue weighted by molar-refractivity contribution is -0.233. The summed E-state index contributed by atoms with van der Waals surface area (Å²) in [6.07, 6.45) is -4.13. The van der Waals surface area contributed by atoms with Crippen LogP contribution in [0.4, 0.5) is 13.2 Å². The second-order valence-electron chi connectivity index (χ2n) is 3.08. The van der Waals surface area contributed by atoms with Gasteiger partial charge >= 0.3 is 14.4 Å². The first-order chi connectivity index (χ1) is 6.69. The lowest BCUT2D eigenvalue weighted by Gasteiger charge is -2.25. The molecule has 0 aromatic heterocycles. The molecule has 6 nitrogen and oxygen atoms in total. The van der Waals surface area contributed by atoms with Crippen molar-refractivity contribution >= 4 is 18.4 Å². The molecule has 0 rings (SSSR count). The molecule has 0 atom stereocenters. The highest BCUT2D eigenvalue weighted by atomic mass is 32.2. The van der Waals surface area contributed by atoms with E-state index in [1.165, 1.54) is 0 Å². The summed E-state index contributed by atoms with van der Waals surface area (Å²) in [4.78, 5) is 14.3. The number of hydrogen-bond acceptors (Lipinski definition) is 4. The molecule has 0 amide bonds. The number of hydrogen-bond donors (Lipinski definition) is 2. The number of rotatable bonds is 2. The topological polar surface area (TPSA) is 101 Å². The smallest absolute Gasteiger partial charge is 0.326 e. The molecule has 0 bridgehead atoms. The Morgan fingerprint density at radius 3 is 1.50 bits per heavy atom. The molecule has 0 saturated heterocycles. The van der Waals surface area contributed by atoms with E-state index in [1.54, 1.807) is 0 Å². The zero-order valence-electron chi connectivity index (χ0n) is 8.57. The number of halogens is 3. The molecular weight excluding hydrogens is 276 g/mol. The van der Waals surface area contributed by atoms with Crippen molar-refractivity contribution in [3.63, 3.8) is 0 Å². The van der Waals surface area contributed by atoms with Gasteiger partial charge in [0.1, 0.15) is 0 Å². The molecule has 0 aliphatic heterocycles. The Bertz CT molecular complexity index is 331. The largest absolute Gasteiger partial charge is 0.418 e. The quantitative estimate of drug-likeness (QED) is 0.572. The molecule has 0 aromatic carbocycles. The maximum Gasteiger partial charge on any atom is 0.418 e. The SMILES string of the molecule is CC(C)(OS(C)(=O)=O)C(F)(F)F.O=[PH](O)O. The van der Waals surface area contributed by atoms with Crippen molar-refractivity contribution in [3.8, 4) is 0 Å². The van der Waals surface area contributed by atoms with Gasteiger partial charge in [0, 0.05) is 0 Å². The maximum atomic E-state index is 12.0. The highest BCUT2D eigenvalue weighted by Crippen LogP contribution is 2.33. The van der Waals surface area contributed by atoms with Gasteiger partial charge in [0.05, 0.1) is 6.26 Å². The van der Waals surface area contributed by atoms with Crippen LogP contribution in [-0.4, -0.2) is 36.2 Å². The molecule has 11 heteroatoms. The standard InChI is InChI=1S/C5H9F3O3S.H3O3P/c1-4(2,5(6,7)8)11-12(3,9)10;1-4(2)3/h1-3H3;4H,(H2,1,2,3). The van der Waals surface area contributed by atoms with Gasteiger partial charge in [0.15, 0.2) is 5.60 Å². The molecule has 0 radical (unpaired) electrons. The van der Waals surface area contributed by atoms with Crippen LogP contribution in [0.3, 0.4) is 0 Å². The van der Waals surface area contributed by atoms with Gasteiger partial charge in [-0.05, 0) is 13.8 Å². The predicted octanol–water partition coefficient (Wildman–Crippen LogP) is 0.664. The Labute approximate surface area is 91.1 Å². The monoisotopic (exact) mass is 288 g/mol.